The Morgan fingerprint density at radius 1 is 1.50 bits per heavy atom. The van der Waals surface area contributed by atoms with Crippen LogP contribution in [0.2, 0.25) is 0 Å². The molecule has 96 valence electrons. The first-order valence-corrected chi connectivity index (χ1v) is 6.69. The molecule has 0 radical (unpaired) electrons. The number of furan rings is 1. The monoisotopic (exact) mass is 264 g/mol. The number of thiazole rings is 1. The maximum Gasteiger partial charge on any atom is 0.226 e. The van der Waals surface area contributed by atoms with Gasteiger partial charge in [-0.3, -0.25) is 4.79 Å². The number of nitrogens with zero attached hydrogens (tertiary/aromatic N) is 1. The van der Waals surface area contributed by atoms with Gasteiger partial charge in [0.2, 0.25) is 5.91 Å². The fourth-order valence-corrected chi connectivity index (χ4v) is 2.32. The number of hydrogen-bond acceptors (Lipinski definition) is 4. The molecule has 1 amide bonds. The molecule has 0 aliphatic carbocycles. The highest BCUT2D eigenvalue weighted by molar-refractivity contribution is 7.09. The third-order valence-corrected chi connectivity index (χ3v) is 3.40. The van der Waals surface area contributed by atoms with Crippen LogP contribution in [0.3, 0.4) is 0 Å². The summed E-state index contributed by atoms with van der Waals surface area (Å²) in [7, 11) is 0. The van der Waals surface area contributed by atoms with Gasteiger partial charge in [0, 0.05) is 5.38 Å². The summed E-state index contributed by atoms with van der Waals surface area (Å²) in [6, 6.07) is 3.65. The lowest BCUT2D eigenvalue weighted by molar-refractivity contribution is -0.121. The van der Waals surface area contributed by atoms with Crippen LogP contribution < -0.4 is 5.32 Å². The van der Waals surface area contributed by atoms with Crippen LogP contribution in [0.5, 0.6) is 0 Å². The van der Waals surface area contributed by atoms with Gasteiger partial charge in [0.05, 0.1) is 23.2 Å². The molecule has 0 saturated heterocycles. The fraction of sp³-hybridized carbons (Fsp3) is 0.385. The van der Waals surface area contributed by atoms with Gasteiger partial charge in [0.1, 0.15) is 11.5 Å². The summed E-state index contributed by atoms with van der Waals surface area (Å²) in [5, 5.41) is 5.79. The molecule has 1 unspecified atom stereocenters. The Labute approximate surface area is 110 Å². The Bertz CT molecular complexity index is 545. The highest BCUT2D eigenvalue weighted by atomic mass is 32.1. The summed E-state index contributed by atoms with van der Waals surface area (Å²) in [6.45, 7) is 5.72. The molecule has 2 aromatic heterocycles. The molecule has 18 heavy (non-hydrogen) atoms. The van der Waals surface area contributed by atoms with E-state index < -0.39 is 0 Å². The Balaban J connectivity index is 1.91. The molecule has 0 bridgehead atoms. The zero-order valence-corrected chi connectivity index (χ0v) is 11.5. The molecule has 1 N–H and O–H groups in total. The first-order valence-electron chi connectivity index (χ1n) is 5.81. The first-order chi connectivity index (χ1) is 8.54. The van der Waals surface area contributed by atoms with E-state index in [1.54, 1.807) is 11.3 Å². The number of carbonyl (C=O) groups excluding carboxylic acids is 1. The van der Waals surface area contributed by atoms with Crippen molar-refractivity contribution in [2.24, 2.45) is 0 Å². The molecular weight excluding hydrogens is 248 g/mol. The molecule has 5 heteroatoms. The average Bonchev–Trinajstić information content (AvgIpc) is 2.87. The Morgan fingerprint density at radius 3 is 2.83 bits per heavy atom. The van der Waals surface area contributed by atoms with Gasteiger partial charge in [-0.05, 0) is 32.9 Å². The third-order valence-electron chi connectivity index (χ3n) is 2.57. The molecule has 0 aliphatic rings. The van der Waals surface area contributed by atoms with E-state index >= 15 is 0 Å². The molecule has 0 aromatic carbocycles. The molecule has 2 rings (SSSR count). The van der Waals surface area contributed by atoms with Crippen LogP contribution in [0.4, 0.5) is 0 Å². The van der Waals surface area contributed by atoms with Crippen LogP contribution in [0.1, 0.15) is 35.2 Å². The summed E-state index contributed by atoms with van der Waals surface area (Å²) in [5.74, 6) is 1.58. The molecule has 0 aliphatic heterocycles. The smallest absolute Gasteiger partial charge is 0.226 e. The van der Waals surface area contributed by atoms with Gasteiger partial charge in [-0.15, -0.1) is 11.3 Å². The number of carbonyl (C=O) groups is 1. The lowest BCUT2D eigenvalue weighted by Gasteiger charge is -2.10. The standard InChI is InChI=1S/C13H16N2O2S/c1-8-4-5-12(17-8)9(2)14-13(16)6-11-7-18-10(3)15-11/h4-5,7,9H,6H2,1-3H3,(H,14,16). The van der Waals surface area contributed by atoms with Crippen molar-refractivity contribution in [3.63, 3.8) is 0 Å². The van der Waals surface area contributed by atoms with Crippen molar-refractivity contribution >= 4 is 17.2 Å². The molecule has 2 heterocycles. The van der Waals surface area contributed by atoms with E-state index in [-0.39, 0.29) is 11.9 Å². The Kier molecular flexibility index (Phi) is 3.81. The highest BCUT2D eigenvalue weighted by Crippen LogP contribution is 2.16. The van der Waals surface area contributed by atoms with Gasteiger partial charge < -0.3 is 9.73 Å². The SMILES string of the molecule is Cc1ccc(C(C)NC(=O)Cc2csc(C)n2)o1. The van der Waals surface area contributed by atoms with Gasteiger partial charge in [-0.25, -0.2) is 4.98 Å². The molecule has 0 spiro atoms. The minimum absolute atomic E-state index is 0.0400. The van der Waals surface area contributed by atoms with Gasteiger partial charge in [-0.2, -0.15) is 0 Å². The molecule has 2 aromatic rings. The van der Waals surface area contributed by atoms with Crippen LogP contribution in [-0.4, -0.2) is 10.9 Å². The van der Waals surface area contributed by atoms with Crippen molar-refractivity contribution in [3.8, 4) is 0 Å². The second-order valence-corrected chi connectivity index (χ2v) is 5.33. The fourth-order valence-electron chi connectivity index (χ4n) is 1.70. The van der Waals surface area contributed by atoms with Crippen LogP contribution in [0, 0.1) is 13.8 Å². The quantitative estimate of drug-likeness (QED) is 0.923. The zero-order chi connectivity index (χ0) is 13.1. The lowest BCUT2D eigenvalue weighted by Crippen LogP contribution is -2.27. The summed E-state index contributed by atoms with van der Waals surface area (Å²) >= 11 is 1.56. The number of hydrogen-bond donors (Lipinski definition) is 1. The maximum absolute atomic E-state index is 11.8. The predicted octanol–water partition coefficient (Wildman–Crippen LogP) is 2.77. The molecule has 0 fully saturated rings. The van der Waals surface area contributed by atoms with Crippen molar-refractivity contribution in [1.82, 2.24) is 10.3 Å². The molecule has 1 atom stereocenters. The predicted molar refractivity (Wildman–Crippen MR) is 70.6 cm³/mol. The van der Waals surface area contributed by atoms with Gasteiger partial charge in [0.15, 0.2) is 0 Å². The average molecular weight is 264 g/mol. The van der Waals surface area contributed by atoms with E-state index in [4.69, 9.17) is 4.42 Å². The Morgan fingerprint density at radius 2 is 2.28 bits per heavy atom. The minimum Gasteiger partial charge on any atom is -0.464 e. The first kappa shape index (κ1) is 12.8. The molecule has 4 nitrogen and oxygen atoms in total. The van der Waals surface area contributed by atoms with E-state index in [1.165, 1.54) is 0 Å². The van der Waals surface area contributed by atoms with Crippen molar-refractivity contribution in [2.75, 3.05) is 0 Å². The highest BCUT2D eigenvalue weighted by Gasteiger charge is 2.13. The summed E-state index contributed by atoms with van der Waals surface area (Å²) < 4.78 is 5.47. The minimum atomic E-state index is -0.120. The van der Waals surface area contributed by atoms with E-state index in [2.05, 4.69) is 10.3 Å². The van der Waals surface area contributed by atoms with E-state index in [0.29, 0.717) is 6.42 Å². The van der Waals surface area contributed by atoms with E-state index in [9.17, 15) is 4.79 Å². The van der Waals surface area contributed by atoms with Crippen LogP contribution in [0.25, 0.3) is 0 Å². The molecular formula is C13H16N2O2S. The van der Waals surface area contributed by atoms with Gasteiger partial charge >= 0.3 is 0 Å². The third kappa shape index (κ3) is 3.20. The largest absolute Gasteiger partial charge is 0.464 e. The summed E-state index contributed by atoms with van der Waals surface area (Å²) in [4.78, 5) is 16.1. The zero-order valence-electron chi connectivity index (χ0n) is 10.7. The van der Waals surface area contributed by atoms with Gasteiger partial charge in [0.25, 0.3) is 0 Å². The maximum atomic E-state index is 11.8. The van der Waals surface area contributed by atoms with Crippen LogP contribution in [-0.2, 0) is 11.2 Å². The number of aryl methyl sites for hydroxylation is 2. The topological polar surface area (TPSA) is 55.1 Å². The number of amides is 1. The van der Waals surface area contributed by atoms with Gasteiger partial charge in [-0.1, -0.05) is 0 Å². The number of aromatic nitrogens is 1. The van der Waals surface area contributed by atoms with Crippen LogP contribution >= 0.6 is 11.3 Å². The summed E-state index contributed by atoms with van der Waals surface area (Å²) in [6.07, 6.45) is 0.314. The van der Waals surface area contributed by atoms with E-state index in [0.717, 1.165) is 22.2 Å². The van der Waals surface area contributed by atoms with Crippen molar-refractivity contribution in [3.05, 3.63) is 39.7 Å². The van der Waals surface area contributed by atoms with Crippen molar-refractivity contribution in [1.29, 1.82) is 0 Å². The number of rotatable bonds is 4. The van der Waals surface area contributed by atoms with E-state index in [1.807, 2.05) is 38.3 Å². The summed E-state index contributed by atoms with van der Waals surface area (Å²) in [5.41, 5.74) is 0.817. The Hall–Kier alpha value is -1.62. The molecule has 0 saturated carbocycles. The lowest BCUT2D eigenvalue weighted by atomic mass is 10.2. The number of nitrogens with one attached hydrogen (secondary N) is 1. The second-order valence-electron chi connectivity index (χ2n) is 4.27. The van der Waals surface area contributed by atoms with Crippen LogP contribution in [0.15, 0.2) is 21.9 Å². The van der Waals surface area contributed by atoms with Crippen molar-refractivity contribution in [2.45, 2.75) is 33.2 Å². The second kappa shape index (κ2) is 5.35. The normalized spacial score (nSPS) is 12.4. The van der Waals surface area contributed by atoms with Crippen molar-refractivity contribution < 1.29 is 9.21 Å².